The van der Waals surface area contributed by atoms with Crippen molar-refractivity contribution in [2.24, 2.45) is 0 Å². The lowest BCUT2D eigenvalue weighted by Gasteiger charge is -2.14. The number of rotatable bonds is 10. The second-order valence-electron chi connectivity index (χ2n) is 7.95. The van der Waals surface area contributed by atoms with Crippen molar-refractivity contribution in [3.8, 4) is 17.0 Å². The minimum Gasteiger partial charge on any atom is -0.406 e. The topological polar surface area (TPSA) is 105 Å². The van der Waals surface area contributed by atoms with Crippen molar-refractivity contribution >= 4 is 23.1 Å². The molecule has 0 atom stereocenters. The van der Waals surface area contributed by atoms with Gasteiger partial charge < -0.3 is 20.3 Å². The number of benzene rings is 2. The Morgan fingerprint density at radius 2 is 1.86 bits per heavy atom. The van der Waals surface area contributed by atoms with Gasteiger partial charge in [0.15, 0.2) is 0 Å². The highest BCUT2D eigenvalue weighted by Crippen LogP contribution is 2.31. The Morgan fingerprint density at radius 1 is 1.11 bits per heavy atom. The van der Waals surface area contributed by atoms with Gasteiger partial charge >= 0.3 is 6.36 Å². The maximum atomic E-state index is 12.7. The third-order valence-electron chi connectivity index (χ3n) is 4.92. The third kappa shape index (κ3) is 7.54. The van der Waals surface area contributed by atoms with Gasteiger partial charge in [-0.05, 0) is 52.2 Å². The zero-order valence-corrected chi connectivity index (χ0v) is 19.4. The van der Waals surface area contributed by atoms with E-state index in [4.69, 9.17) is 0 Å². The number of halogens is 3. The maximum absolute atomic E-state index is 12.7. The minimum absolute atomic E-state index is 0.0525. The summed E-state index contributed by atoms with van der Waals surface area (Å²) in [5, 5.41) is 17.5. The molecule has 0 bridgehead atoms. The van der Waals surface area contributed by atoms with Gasteiger partial charge in [-0.15, -0.1) is 13.2 Å². The van der Waals surface area contributed by atoms with Crippen LogP contribution in [0.2, 0.25) is 0 Å². The van der Waals surface area contributed by atoms with Crippen LogP contribution in [0.15, 0.2) is 48.5 Å². The van der Waals surface area contributed by atoms with Gasteiger partial charge in [-0.25, -0.2) is 4.98 Å². The molecule has 0 amide bonds. The van der Waals surface area contributed by atoms with E-state index in [2.05, 4.69) is 25.3 Å². The summed E-state index contributed by atoms with van der Waals surface area (Å²) in [6.07, 6.45) is -4.02. The van der Waals surface area contributed by atoms with Gasteiger partial charge in [0.1, 0.15) is 11.6 Å². The van der Waals surface area contributed by atoms with Crippen LogP contribution in [0.1, 0.15) is 12.0 Å². The molecule has 0 saturated carbocycles. The Labute approximate surface area is 200 Å². The first-order valence-electron chi connectivity index (χ1n) is 10.7. The molecule has 186 valence electrons. The van der Waals surface area contributed by atoms with Crippen molar-refractivity contribution in [3.63, 3.8) is 0 Å². The fourth-order valence-corrected chi connectivity index (χ4v) is 3.28. The number of nitrogens with zero attached hydrogens (tertiary/aromatic N) is 4. The maximum Gasteiger partial charge on any atom is 0.573 e. The summed E-state index contributed by atoms with van der Waals surface area (Å²) in [6.45, 7) is 3.01. The molecule has 1 heterocycles. The summed E-state index contributed by atoms with van der Waals surface area (Å²) in [7, 11) is 3.91. The monoisotopic (exact) mass is 490 g/mol. The number of alkyl halides is 3. The fraction of sp³-hybridized carbons (Fsp3) is 0.304. The highest BCUT2D eigenvalue weighted by atomic mass is 19.4. The van der Waals surface area contributed by atoms with E-state index in [-0.39, 0.29) is 17.4 Å². The predicted octanol–water partition coefficient (Wildman–Crippen LogP) is 5.37. The number of hydrogen-bond acceptors (Lipinski definition) is 8. The SMILES string of the molecule is Cc1c(Nc2cc(-c3cccc(OC(F)(F)F)c3)nc(NCCCN(C)C)n2)cccc1[N+](=O)[O-]. The van der Waals surface area contributed by atoms with Gasteiger partial charge in [-0.3, -0.25) is 10.1 Å². The third-order valence-corrected chi connectivity index (χ3v) is 4.92. The highest BCUT2D eigenvalue weighted by Gasteiger charge is 2.31. The van der Waals surface area contributed by atoms with E-state index in [1.165, 1.54) is 24.3 Å². The zero-order chi connectivity index (χ0) is 25.6. The molecule has 3 aromatic rings. The van der Waals surface area contributed by atoms with Gasteiger partial charge in [0.25, 0.3) is 5.69 Å². The average Bonchev–Trinajstić information content (AvgIpc) is 2.77. The van der Waals surface area contributed by atoms with Crippen LogP contribution in [-0.2, 0) is 0 Å². The number of hydrogen-bond donors (Lipinski definition) is 2. The van der Waals surface area contributed by atoms with Crippen molar-refractivity contribution in [1.82, 2.24) is 14.9 Å². The summed E-state index contributed by atoms with van der Waals surface area (Å²) in [5.74, 6) is 0.197. The van der Waals surface area contributed by atoms with E-state index >= 15 is 0 Å². The number of anilines is 3. The van der Waals surface area contributed by atoms with Gasteiger partial charge in [-0.1, -0.05) is 18.2 Å². The number of nitrogens with one attached hydrogen (secondary N) is 2. The van der Waals surface area contributed by atoms with Crippen molar-refractivity contribution in [2.75, 3.05) is 37.8 Å². The lowest BCUT2D eigenvalue weighted by atomic mass is 10.1. The molecule has 0 aliphatic carbocycles. The van der Waals surface area contributed by atoms with Crippen molar-refractivity contribution in [2.45, 2.75) is 19.7 Å². The van der Waals surface area contributed by atoms with E-state index in [0.29, 0.717) is 34.9 Å². The molecule has 0 aliphatic rings. The molecule has 12 heteroatoms. The quantitative estimate of drug-likeness (QED) is 0.222. The number of aromatic nitrogens is 2. The Morgan fingerprint density at radius 3 is 2.54 bits per heavy atom. The summed E-state index contributed by atoms with van der Waals surface area (Å²) in [6, 6.07) is 11.6. The molecule has 1 aromatic heterocycles. The zero-order valence-electron chi connectivity index (χ0n) is 19.4. The normalized spacial score (nSPS) is 11.4. The second-order valence-corrected chi connectivity index (χ2v) is 7.95. The number of nitro benzene ring substituents is 1. The van der Waals surface area contributed by atoms with Crippen molar-refractivity contribution < 1.29 is 22.8 Å². The Balaban J connectivity index is 1.96. The molecule has 0 saturated heterocycles. The first-order chi connectivity index (χ1) is 16.5. The van der Waals surface area contributed by atoms with E-state index in [1.807, 2.05) is 19.0 Å². The van der Waals surface area contributed by atoms with Crippen LogP contribution < -0.4 is 15.4 Å². The highest BCUT2D eigenvalue weighted by molar-refractivity contribution is 5.71. The van der Waals surface area contributed by atoms with Crippen LogP contribution in [0.5, 0.6) is 5.75 Å². The Hall–Kier alpha value is -3.93. The van der Waals surface area contributed by atoms with Crippen LogP contribution in [0.3, 0.4) is 0 Å². The first kappa shape index (κ1) is 25.7. The molecule has 0 aliphatic heterocycles. The van der Waals surface area contributed by atoms with Gasteiger partial charge in [-0.2, -0.15) is 4.98 Å². The van der Waals surface area contributed by atoms with Crippen LogP contribution in [0, 0.1) is 17.0 Å². The molecule has 0 unspecified atom stereocenters. The van der Waals surface area contributed by atoms with Crippen LogP contribution >= 0.6 is 0 Å². The summed E-state index contributed by atoms with van der Waals surface area (Å²) in [5.41, 5.74) is 1.55. The molecule has 35 heavy (non-hydrogen) atoms. The lowest BCUT2D eigenvalue weighted by molar-refractivity contribution is -0.385. The van der Waals surface area contributed by atoms with Gasteiger partial charge in [0, 0.05) is 29.9 Å². The molecule has 3 rings (SSSR count). The van der Waals surface area contributed by atoms with Gasteiger partial charge in [0.05, 0.1) is 16.2 Å². The van der Waals surface area contributed by atoms with Gasteiger partial charge in [0.2, 0.25) is 5.95 Å². The number of ether oxygens (including phenoxy) is 1. The van der Waals surface area contributed by atoms with E-state index in [0.717, 1.165) is 13.0 Å². The molecular formula is C23H25F3N6O3. The van der Waals surface area contributed by atoms with E-state index in [1.54, 1.807) is 31.2 Å². The van der Waals surface area contributed by atoms with Crippen molar-refractivity contribution in [1.29, 1.82) is 0 Å². The average molecular weight is 490 g/mol. The Kier molecular flexibility index (Phi) is 8.07. The molecule has 2 N–H and O–H groups in total. The van der Waals surface area contributed by atoms with Crippen LogP contribution in [0.25, 0.3) is 11.3 Å². The second kappa shape index (κ2) is 11.0. The lowest BCUT2D eigenvalue weighted by Crippen LogP contribution is -2.17. The summed E-state index contributed by atoms with van der Waals surface area (Å²) >= 11 is 0. The van der Waals surface area contributed by atoms with E-state index < -0.39 is 11.3 Å². The standard InChI is InChI=1S/C23H25F3N6O3/c1-15-18(9-5-10-20(15)32(33)34)28-21-14-19(29-22(30-21)27-11-6-12-31(2)3)16-7-4-8-17(13-16)35-23(24,25)26/h4-5,7-10,13-14H,6,11-12H2,1-3H3,(H2,27,28,29,30). The largest absolute Gasteiger partial charge is 0.573 e. The fourth-order valence-electron chi connectivity index (χ4n) is 3.28. The minimum atomic E-state index is -4.82. The molecule has 0 spiro atoms. The molecule has 2 aromatic carbocycles. The first-order valence-corrected chi connectivity index (χ1v) is 10.7. The smallest absolute Gasteiger partial charge is 0.406 e. The van der Waals surface area contributed by atoms with E-state index in [9.17, 15) is 23.3 Å². The summed E-state index contributed by atoms with van der Waals surface area (Å²) < 4.78 is 42.1. The van der Waals surface area contributed by atoms with Crippen molar-refractivity contribution in [3.05, 3.63) is 64.2 Å². The molecule has 0 fully saturated rings. The molecule has 9 nitrogen and oxygen atoms in total. The molecular weight excluding hydrogens is 465 g/mol. The van der Waals surface area contributed by atoms with Crippen LogP contribution in [-0.4, -0.2) is 53.3 Å². The summed E-state index contributed by atoms with van der Waals surface area (Å²) in [4.78, 5) is 21.7. The molecule has 0 radical (unpaired) electrons. The Bertz CT molecular complexity index is 1190. The van der Waals surface area contributed by atoms with Crippen LogP contribution in [0.4, 0.5) is 36.3 Å². The predicted molar refractivity (Wildman–Crippen MR) is 127 cm³/mol. The number of nitro groups is 1.